The van der Waals surface area contributed by atoms with Crippen LogP contribution in [-0.4, -0.2) is 4.98 Å². The van der Waals surface area contributed by atoms with Crippen LogP contribution in [0.2, 0.25) is 0 Å². The summed E-state index contributed by atoms with van der Waals surface area (Å²) in [6.07, 6.45) is 6.33. The average Bonchev–Trinajstić information content (AvgIpc) is 2.26. The molecule has 0 N–H and O–H groups in total. The summed E-state index contributed by atoms with van der Waals surface area (Å²) in [4.78, 5) is 4.28. The second kappa shape index (κ2) is 3.14. The number of halogens is 2. The highest BCUT2D eigenvalue weighted by Gasteiger charge is 2.15. The number of hydrogen-bond donors (Lipinski definition) is 0. The van der Waals surface area contributed by atoms with Gasteiger partial charge in [-0.05, 0) is 33.4 Å². The summed E-state index contributed by atoms with van der Waals surface area (Å²) in [5.41, 5.74) is 1.60. The van der Waals surface area contributed by atoms with Gasteiger partial charge in [-0.25, -0.2) is 4.39 Å². The lowest BCUT2D eigenvalue weighted by atomic mass is 9.97. The highest BCUT2D eigenvalue weighted by atomic mass is 79.9. The van der Waals surface area contributed by atoms with Crippen molar-refractivity contribution in [1.29, 1.82) is 0 Å². The molecule has 15 heavy (non-hydrogen) atoms. The van der Waals surface area contributed by atoms with Crippen molar-refractivity contribution >= 4 is 32.8 Å². The first kappa shape index (κ1) is 9.04. The molecule has 0 unspecified atom stereocenters. The Kier molecular flexibility index (Phi) is 1.89. The summed E-state index contributed by atoms with van der Waals surface area (Å²) in [5, 5.41) is 1.98. The molecule has 0 radical (unpaired) electrons. The molecule has 0 saturated heterocycles. The number of benzene rings is 1. The Hall–Kier alpha value is -1.22. The molecule has 3 heteroatoms. The molecule has 1 heterocycles. The lowest BCUT2D eigenvalue weighted by Gasteiger charge is -2.13. The third-order valence-corrected chi connectivity index (χ3v) is 3.23. The summed E-state index contributed by atoms with van der Waals surface area (Å²) in [6.45, 7) is 0. The summed E-state index contributed by atoms with van der Waals surface area (Å²) in [7, 11) is 0. The number of allylic oxidation sites excluding steroid dienone is 1. The van der Waals surface area contributed by atoms with E-state index in [0.29, 0.717) is 10.0 Å². The van der Waals surface area contributed by atoms with E-state index in [1.54, 1.807) is 12.3 Å². The highest BCUT2D eigenvalue weighted by Crippen LogP contribution is 2.33. The van der Waals surface area contributed by atoms with Gasteiger partial charge in [-0.15, -0.1) is 0 Å². The van der Waals surface area contributed by atoms with Crippen LogP contribution in [0.1, 0.15) is 11.3 Å². The van der Waals surface area contributed by atoms with Crippen LogP contribution >= 0.6 is 15.9 Å². The molecule has 0 bridgehead atoms. The van der Waals surface area contributed by atoms with Crippen molar-refractivity contribution < 1.29 is 4.39 Å². The SMILES string of the molecule is Fc1c(Br)cc2ccnc3c2c1C=CC3. The van der Waals surface area contributed by atoms with E-state index in [-0.39, 0.29) is 5.82 Å². The van der Waals surface area contributed by atoms with Crippen molar-refractivity contribution in [2.75, 3.05) is 0 Å². The van der Waals surface area contributed by atoms with Gasteiger partial charge >= 0.3 is 0 Å². The summed E-state index contributed by atoms with van der Waals surface area (Å²) in [6, 6.07) is 3.71. The molecule has 1 nitrogen and oxygen atoms in total. The van der Waals surface area contributed by atoms with Crippen molar-refractivity contribution in [3.05, 3.63) is 46.0 Å². The van der Waals surface area contributed by atoms with Gasteiger partial charge in [0.1, 0.15) is 5.82 Å². The maximum atomic E-state index is 13.8. The van der Waals surface area contributed by atoms with Crippen LogP contribution in [0.3, 0.4) is 0 Å². The first-order chi connectivity index (χ1) is 7.27. The van der Waals surface area contributed by atoms with Crippen LogP contribution < -0.4 is 0 Å². The lowest BCUT2D eigenvalue weighted by molar-refractivity contribution is 0.620. The second-order valence-electron chi connectivity index (χ2n) is 3.55. The van der Waals surface area contributed by atoms with Crippen molar-refractivity contribution in [3.8, 4) is 0 Å². The van der Waals surface area contributed by atoms with Crippen LogP contribution in [0, 0.1) is 5.82 Å². The Labute approximate surface area is 94.8 Å². The number of aromatic nitrogens is 1. The van der Waals surface area contributed by atoms with Gasteiger partial charge in [0.05, 0.1) is 10.2 Å². The average molecular weight is 264 g/mol. The van der Waals surface area contributed by atoms with Gasteiger partial charge in [-0.1, -0.05) is 12.2 Å². The molecule has 3 rings (SSSR count). The van der Waals surface area contributed by atoms with E-state index in [1.807, 2.05) is 18.2 Å². The van der Waals surface area contributed by atoms with Crippen molar-refractivity contribution in [2.24, 2.45) is 0 Å². The van der Waals surface area contributed by atoms with Crippen molar-refractivity contribution in [3.63, 3.8) is 0 Å². The van der Waals surface area contributed by atoms with E-state index in [0.717, 1.165) is 22.9 Å². The number of nitrogens with zero attached hydrogens (tertiary/aromatic N) is 1. The summed E-state index contributed by atoms with van der Waals surface area (Å²) in [5.74, 6) is -0.201. The molecule has 1 aliphatic rings. The van der Waals surface area contributed by atoms with Crippen LogP contribution in [0.15, 0.2) is 28.9 Å². The number of hydrogen-bond acceptors (Lipinski definition) is 1. The molecule has 74 valence electrons. The molecule has 0 atom stereocenters. The van der Waals surface area contributed by atoms with Gasteiger partial charge in [-0.3, -0.25) is 4.98 Å². The molecular formula is C12H7BrFN. The van der Waals surface area contributed by atoms with Crippen LogP contribution in [0.5, 0.6) is 0 Å². The van der Waals surface area contributed by atoms with Crippen molar-refractivity contribution in [2.45, 2.75) is 6.42 Å². The molecule has 2 aromatic rings. The second-order valence-corrected chi connectivity index (χ2v) is 4.40. The third kappa shape index (κ3) is 1.23. The van der Waals surface area contributed by atoms with E-state index in [4.69, 9.17) is 0 Å². The van der Waals surface area contributed by atoms with Crippen LogP contribution in [0.25, 0.3) is 16.8 Å². The van der Waals surface area contributed by atoms with E-state index < -0.39 is 0 Å². The molecule has 1 aromatic heterocycles. The third-order valence-electron chi connectivity index (χ3n) is 2.66. The van der Waals surface area contributed by atoms with Crippen molar-refractivity contribution in [1.82, 2.24) is 4.98 Å². The Morgan fingerprint density at radius 3 is 3.13 bits per heavy atom. The van der Waals surface area contributed by atoms with Gasteiger partial charge in [-0.2, -0.15) is 0 Å². The smallest absolute Gasteiger partial charge is 0.145 e. The monoisotopic (exact) mass is 263 g/mol. The standard InChI is InChI=1S/C12H7BrFN/c13-9-6-7-4-5-15-10-3-1-2-8(11(7)10)12(9)14/h1-2,4-6H,3H2. The predicted octanol–water partition coefficient (Wildman–Crippen LogP) is 3.71. The van der Waals surface area contributed by atoms with Crippen LogP contribution in [0.4, 0.5) is 4.39 Å². The Morgan fingerprint density at radius 1 is 1.40 bits per heavy atom. The zero-order valence-electron chi connectivity index (χ0n) is 7.80. The van der Waals surface area contributed by atoms with E-state index in [2.05, 4.69) is 20.9 Å². The van der Waals surface area contributed by atoms with Crippen LogP contribution in [-0.2, 0) is 6.42 Å². The minimum absolute atomic E-state index is 0.201. The van der Waals surface area contributed by atoms with Gasteiger partial charge < -0.3 is 0 Å². The summed E-state index contributed by atoms with van der Waals surface area (Å²) >= 11 is 3.23. The van der Waals surface area contributed by atoms with E-state index in [9.17, 15) is 4.39 Å². The first-order valence-corrected chi connectivity index (χ1v) is 5.49. The Balaban J connectivity index is 2.57. The Morgan fingerprint density at radius 2 is 2.27 bits per heavy atom. The topological polar surface area (TPSA) is 12.9 Å². The fourth-order valence-corrected chi connectivity index (χ4v) is 2.45. The van der Waals surface area contributed by atoms with Gasteiger partial charge in [0.25, 0.3) is 0 Å². The molecule has 1 aliphatic carbocycles. The predicted molar refractivity (Wildman–Crippen MR) is 62.1 cm³/mol. The molecular weight excluding hydrogens is 257 g/mol. The number of pyridine rings is 1. The lowest BCUT2D eigenvalue weighted by Crippen LogP contribution is -1.99. The maximum absolute atomic E-state index is 13.8. The van der Waals surface area contributed by atoms with Gasteiger partial charge in [0.15, 0.2) is 0 Å². The van der Waals surface area contributed by atoms with Gasteiger partial charge in [0.2, 0.25) is 0 Å². The number of rotatable bonds is 0. The zero-order chi connectivity index (χ0) is 10.4. The quantitative estimate of drug-likeness (QED) is 0.706. The molecule has 0 saturated carbocycles. The van der Waals surface area contributed by atoms with E-state index in [1.165, 1.54) is 0 Å². The molecule has 1 aromatic carbocycles. The largest absolute Gasteiger partial charge is 0.260 e. The fourth-order valence-electron chi connectivity index (χ4n) is 1.99. The van der Waals surface area contributed by atoms with Gasteiger partial charge in [0, 0.05) is 23.6 Å². The Bertz CT molecular complexity index is 590. The zero-order valence-corrected chi connectivity index (χ0v) is 9.38. The summed E-state index contributed by atoms with van der Waals surface area (Å²) < 4.78 is 14.3. The fraction of sp³-hybridized carbons (Fsp3) is 0.0833. The molecule has 0 spiro atoms. The molecule has 0 aliphatic heterocycles. The normalized spacial score (nSPS) is 13.5. The minimum Gasteiger partial charge on any atom is -0.260 e. The highest BCUT2D eigenvalue weighted by molar-refractivity contribution is 9.10. The minimum atomic E-state index is -0.201. The molecule has 0 fully saturated rings. The molecule has 0 amide bonds. The maximum Gasteiger partial charge on any atom is 0.145 e. The van der Waals surface area contributed by atoms with E-state index >= 15 is 0 Å². The first-order valence-electron chi connectivity index (χ1n) is 4.69.